The summed E-state index contributed by atoms with van der Waals surface area (Å²) < 4.78 is 6.26. The van der Waals surface area contributed by atoms with Crippen LogP contribution in [0.25, 0.3) is 0 Å². The number of terminal acetylenes is 1. The number of hydrogen-bond donors (Lipinski definition) is 1. The molecule has 0 aliphatic rings. The van der Waals surface area contributed by atoms with Gasteiger partial charge < -0.3 is 10.1 Å². The predicted octanol–water partition coefficient (Wildman–Crippen LogP) is 2.96. The van der Waals surface area contributed by atoms with E-state index in [9.17, 15) is 0 Å². The highest BCUT2D eigenvalue weighted by molar-refractivity contribution is 9.10. The average Bonchev–Trinajstić information content (AvgIpc) is 2.28. The third kappa shape index (κ3) is 3.88. The summed E-state index contributed by atoms with van der Waals surface area (Å²) in [5.41, 5.74) is 1.17. The number of nitrogens with one attached hydrogen (secondary N) is 1. The zero-order chi connectivity index (χ0) is 12.0. The van der Waals surface area contributed by atoms with E-state index in [-0.39, 0.29) is 0 Å². The van der Waals surface area contributed by atoms with E-state index in [0.29, 0.717) is 6.04 Å². The van der Waals surface area contributed by atoms with E-state index < -0.39 is 0 Å². The molecule has 1 N–H and O–H groups in total. The van der Waals surface area contributed by atoms with E-state index >= 15 is 0 Å². The van der Waals surface area contributed by atoms with E-state index in [0.717, 1.165) is 23.2 Å². The Morgan fingerprint density at radius 1 is 1.56 bits per heavy atom. The fraction of sp³-hybridized carbons (Fsp3) is 0.385. The van der Waals surface area contributed by atoms with Crippen molar-refractivity contribution in [3.8, 4) is 18.1 Å². The first kappa shape index (κ1) is 13.1. The van der Waals surface area contributed by atoms with Gasteiger partial charge in [-0.05, 0) is 30.7 Å². The van der Waals surface area contributed by atoms with Crippen LogP contribution in [0.2, 0.25) is 0 Å². The van der Waals surface area contributed by atoms with Crippen molar-refractivity contribution in [1.29, 1.82) is 0 Å². The highest BCUT2D eigenvalue weighted by atomic mass is 79.9. The van der Waals surface area contributed by atoms with Gasteiger partial charge in [-0.25, -0.2) is 0 Å². The van der Waals surface area contributed by atoms with E-state index in [2.05, 4.69) is 34.1 Å². The first-order chi connectivity index (χ1) is 7.67. The monoisotopic (exact) mass is 281 g/mol. The molecular formula is C13H16BrNO. The zero-order valence-electron chi connectivity index (χ0n) is 9.59. The molecule has 0 fully saturated rings. The van der Waals surface area contributed by atoms with E-state index in [1.807, 2.05) is 18.2 Å². The minimum Gasteiger partial charge on any atom is -0.497 e. The van der Waals surface area contributed by atoms with Crippen molar-refractivity contribution in [3.63, 3.8) is 0 Å². The quantitative estimate of drug-likeness (QED) is 0.838. The number of ether oxygens (including phenoxy) is 1. The van der Waals surface area contributed by atoms with Crippen molar-refractivity contribution in [2.75, 3.05) is 7.11 Å². The smallest absolute Gasteiger partial charge is 0.119 e. The van der Waals surface area contributed by atoms with Gasteiger partial charge in [0.15, 0.2) is 0 Å². The molecule has 2 nitrogen and oxygen atoms in total. The van der Waals surface area contributed by atoms with Crippen molar-refractivity contribution in [1.82, 2.24) is 5.32 Å². The molecule has 16 heavy (non-hydrogen) atoms. The van der Waals surface area contributed by atoms with Gasteiger partial charge in [-0.2, -0.15) is 0 Å². The molecular weight excluding hydrogens is 266 g/mol. The van der Waals surface area contributed by atoms with Crippen LogP contribution >= 0.6 is 15.9 Å². The number of halogens is 1. The van der Waals surface area contributed by atoms with Crippen LogP contribution in [0.3, 0.4) is 0 Å². The number of hydrogen-bond acceptors (Lipinski definition) is 2. The molecule has 86 valence electrons. The number of methoxy groups -OCH3 is 1. The maximum absolute atomic E-state index is 5.25. The van der Waals surface area contributed by atoms with Crippen LogP contribution in [0.5, 0.6) is 5.75 Å². The third-order valence-electron chi connectivity index (χ3n) is 2.32. The Morgan fingerprint density at radius 2 is 2.31 bits per heavy atom. The second kappa shape index (κ2) is 6.57. The Bertz CT molecular complexity index is 384. The normalized spacial score (nSPS) is 11.9. The van der Waals surface area contributed by atoms with E-state index in [1.165, 1.54) is 5.56 Å². The van der Waals surface area contributed by atoms with Crippen LogP contribution in [0.4, 0.5) is 0 Å². The van der Waals surface area contributed by atoms with Gasteiger partial charge in [-0.3, -0.25) is 0 Å². The molecule has 0 aromatic heterocycles. The Hall–Kier alpha value is -0.980. The second-order valence-electron chi connectivity index (χ2n) is 3.65. The summed E-state index contributed by atoms with van der Waals surface area (Å²) in [4.78, 5) is 0. The van der Waals surface area contributed by atoms with Crippen molar-refractivity contribution < 1.29 is 4.74 Å². The molecule has 3 heteroatoms. The lowest BCUT2D eigenvalue weighted by molar-refractivity contribution is 0.413. The molecule has 0 spiro atoms. The molecule has 1 rings (SSSR count). The van der Waals surface area contributed by atoms with Gasteiger partial charge in [0, 0.05) is 23.5 Å². The Morgan fingerprint density at radius 3 is 2.94 bits per heavy atom. The van der Waals surface area contributed by atoms with Gasteiger partial charge in [0.25, 0.3) is 0 Å². The lowest BCUT2D eigenvalue weighted by Gasteiger charge is -2.12. The van der Waals surface area contributed by atoms with Gasteiger partial charge in [-0.15, -0.1) is 12.3 Å². The van der Waals surface area contributed by atoms with Crippen LogP contribution in [0, 0.1) is 12.3 Å². The summed E-state index contributed by atoms with van der Waals surface area (Å²) in [6.07, 6.45) is 5.99. The van der Waals surface area contributed by atoms with Crippen LogP contribution < -0.4 is 10.1 Å². The lowest BCUT2D eigenvalue weighted by Crippen LogP contribution is -2.25. The summed E-state index contributed by atoms with van der Waals surface area (Å²) in [6, 6.07) is 6.25. The third-order valence-corrected chi connectivity index (χ3v) is 3.09. The van der Waals surface area contributed by atoms with Crippen LogP contribution in [-0.2, 0) is 6.54 Å². The summed E-state index contributed by atoms with van der Waals surface area (Å²) in [5.74, 6) is 3.51. The highest BCUT2D eigenvalue weighted by Crippen LogP contribution is 2.22. The van der Waals surface area contributed by atoms with Crippen LogP contribution in [-0.4, -0.2) is 13.2 Å². The van der Waals surface area contributed by atoms with Gasteiger partial charge in [-0.1, -0.05) is 15.9 Å². The molecule has 1 aromatic carbocycles. The lowest BCUT2D eigenvalue weighted by atomic mass is 10.2. The summed E-state index contributed by atoms with van der Waals surface area (Å²) >= 11 is 3.51. The van der Waals surface area contributed by atoms with Crippen LogP contribution in [0.15, 0.2) is 22.7 Å². The molecule has 0 saturated heterocycles. The Labute approximate surface area is 106 Å². The summed E-state index contributed by atoms with van der Waals surface area (Å²) in [6.45, 7) is 2.86. The predicted molar refractivity (Wildman–Crippen MR) is 70.4 cm³/mol. The Kier molecular flexibility index (Phi) is 5.37. The minimum atomic E-state index is 0.322. The van der Waals surface area contributed by atoms with Crippen molar-refractivity contribution in [3.05, 3.63) is 28.2 Å². The van der Waals surface area contributed by atoms with Crippen molar-refractivity contribution >= 4 is 15.9 Å². The Balaban J connectivity index is 2.62. The average molecular weight is 282 g/mol. The number of rotatable bonds is 5. The van der Waals surface area contributed by atoms with Crippen molar-refractivity contribution in [2.24, 2.45) is 0 Å². The molecule has 0 saturated carbocycles. The largest absolute Gasteiger partial charge is 0.497 e. The van der Waals surface area contributed by atoms with E-state index in [4.69, 9.17) is 11.2 Å². The molecule has 0 radical (unpaired) electrons. The standard InChI is InChI=1S/C13H16BrNO/c1-4-5-10(2)15-9-11-8-12(16-3)6-7-13(11)14/h1,6-8,10,15H,5,9H2,2-3H3. The molecule has 0 aliphatic heterocycles. The second-order valence-corrected chi connectivity index (χ2v) is 4.50. The maximum Gasteiger partial charge on any atom is 0.119 e. The fourth-order valence-corrected chi connectivity index (χ4v) is 1.73. The van der Waals surface area contributed by atoms with Gasteiger partial charge in [0.2, 0.25) is 0 Å². The highest BCUT2D eigenvalue weighted by Gasteiger charge is 2.04. The maximum atomic E-state index is 5.25. The summed E-state index contributed by atoms with van der Waals surface area (Å²) in [5, 5.41) is 3.36. The van der Waals surface area contributed by atoms with Crippen molar-refractivity contribution in [2.45, 2.75) is 25.9 Å². The molecule has 0 heterocycles. The molecule has 1 aromatic rings. The molecule has 0 aliphatic carbocycles. The zero-order valence-corrected chi connectivity index (χ0v) is 11.2. The fourth-order valence-electron chi connectivity index (χ4n) is 1.35. The molecule has 0 bridgehead atoms. The number of benzene rings is 1. The molecule has 1 atom stereocenters. The SMILES string of the molecule is C#CCC(C)NCc1cc(OC)ccc1Br. The first-order valence-corrected chi connectivity index (χ1v) is 5.96. The minimum absolute atomic E-state index is 0.322. The topological polar surface area (TPSA) is 21.3 Å². The molecule has 1 unspecified atom stereocenters. The van der Waals surface area contributed by atoms with Crippen LogP contribution in [0.1, 0.15) is 18.9 Å². The van der Waals surface area contributed by atoms with E-state index in [1.54, 1.807) is 7.11 Å². The van der Waals surface area contributed by atoms with Gasteiger partial charge in [0.1, 0.15) is 5.75 Å². The molecule has 0 amide bonds. The first-order valence-electron chi connectivity index (χ1n) is 5.16. The summed E-state index contributed by atoms with van der Waals surface area (Å²) in [7, 11) is 1.67. The van der Waals surface area contributed by atoms with Gasteiger partial charge in [0.05, 0.1) is 7.11 Å². The van der Waals surface area contributed by atoms with Gasteiger partial charge >= 0.3 is 0 Å².